The van der Waals surface area contributed by atoms with E-state index in [-0.39, 0.29) is 27.9 Å². The largest absolute Gasteiger partial charge is 0.503 e. The molecule has 2 rings (SSSR count). The van der Waals surface area contributed by atoms with Crippen molar-refractivity contribution in [2.75, 3.05) is 7.11 Å². The Bertz CT molecular complexity index is 950. The highest BCUT2D eigenvalue weighted by molar-refractivity contribution is 7.07. The molecule has 0 atom stereocenters. The van der Waals surface area contributed by atoms with Crippen molar-refractivity contribution in [2.45, 2.75) is 20.8 Å². The molecule has 7 heteroatoms. The highest BCUT2D eigenvalue weighted by Crippen LogP contribution is 2.34. The SMILES string of the molecule is COc1cc(/C=c2/s/c(=C/C(=O)C(C)(C)C)[nH]c2=O)cc(Cl)c1O. The van der Waals surface area contributed by atoms with Gasteiger partial charge >= 0.3 is 0 Å². The first-order chi connectivity index (χ1) is 11.1. The third-order valence-corrected chi connectivity index (χ3v) is 4.50. The number of benzene rings is 1. The van der Waals surface area contributed by atoms with E-state index in [9.17, 15) is 14.7 Å². The maximum atomic E-state index is 12.1. The molecule has 24 heavy (non-hydrogen) atoms. The van der Waals surface area contributed by atoms with Crippen LogP contribution in [-0.4, -0.2) is 23.0 Å². The second-order valence-corrected chi connectivity index (χ2v) is 7.73. The molecule has 0 bridgehead atoms. The smallest absolute Gasteiger partial charge is 0.266 e. The zero-order valence-electron chi connectivity index (χ0n) is 13.8. The summed E-state index contributed by atoms with van der Waals surface area (Å²) < 4.78 is 5.95. The molecule has 0 unspecified atom stereocenters. The van der Waals surface area contributed by atoms with E-state index in [0.29, 0.717) is 14.8 Å². The monoisotopic (exact) mass is 367 g/mol. The van der Waals surface area contributed by atoms with Gasteiger partial charge in [-0.3, -0.25) is 9.59 Å². The lowest BCUT2D eigenvalue weighted by Gasteiger charge is -2.12. The van der Waals surface area contributed by atoms with Crippen LogP contribution in [0.25, 0.3) is 12.2 Å². The molecule has 1 aromatic carbocycles. The van der Waals surface area contributed by atoms with E-state index in [1.165, 1.54) is 30.6 Å². The van der Waals surface area contributed by atoms with Gasteiger partial charge in [-0.05, 0) is 23.8 Å². The Labute approximate surface area is 147 Å². The van der Waals surface area contributed by atoms with Gasteiger partial charge in [-0.15, -0.1) is 11.3 Å². The van der Waals surface area contributed by atoms with Crippen LogP contribution in [0.3, 0.4) is 0 Å². The molecule has 0 aliphatic heterocycles. The van der Waals surface area contributed by atoms with Crippen molar-refractivity contribution in [3.05, 3.63) is 42.3 Å². The first-order valence-corrected chi connectivity index (χ1v) is 8.35. The molecular formula is C17H18ClNO4S. The van der Waals surface area contributed by atoms with Crippen LogP contribution in [0.4, 0.5) is 0 Å². The fourth-order valence-corrected chi connectivity index (χ4v) is 2.95. The molecule has 5 nitrogen and oxygen atoms in total. The van der Waals surface area contributed by atoms with Gasteiger partial charge in [0, 0.05) is 11.5 Å². The fourth-order valence-electron chi connectivity index (χ4n) is 1.84. The molecule has 2 aromatic rings. The van der Waals surface area contributed by atoms with E-state index in [0.717, 1.165) is 0 Å². The highest BCUT2D eigenvalue weighted by atomic mass is 35.5. The predicted molar refractivity (Wildman–Crippen MR) is 96.4 cm³/mol. The van der Waals surface area contributed by atoms with Crippen LogP contribution in [0.1, 0.15) is 26.3 Å². The third kappa shape index (κ3) is 4.07. The summed E-state index contributed by atoms with van der Waals surface area (Å²) in [4.78, 5) is 26.8. The minimum absolute atomic E-state index is 0.0686. The van der Waals surface area contributed by atoms with Crippen molar-refractivity contribution >= 4 is 40.9 Å². The minimum atomic E-state index is -0.511. The van der Waals surface area contributed by atoms with Crippen molar-refractivity contribution < 1.29 is 14.6 Å². The van der Waals surface area contributed by atoms with Crippen molar-refractivity contribution in [1.29, 1.82) is 0 Å². The number of ketones is 1. The molecule has 1 heterocycles. The number of ether oxygens (including phenoxy) is 1. The third-order valence-electron chi connectivity index (χ3n) is 3.25. The Morgan fingerprint density at radius 2 is 2.04 bits per heavy atom. The zero-order chi connectivity index (χ0) is 18.1. The Hall–Kier alpha value is -2.05. The number of rotatable bonds is 3. The number of phenolic OH excluding ortho intramolecular Hbond substituents is 1. The number of hydrogen-bond donors (Lipinski definition) is 2. The van der Waals surface area contributed by atoms with Gasteiger partial charge in [0.05, 0.1) is 21.3 Å². The summed E-state index contributed by atoms with van der Waals surface area (Å²) >= 11 is 7.12. The van der Waals surface area contributed by atoms with Crippen molar-refractivity contribution in [1.82, 2.24) is 4.98 Å². The Balaban J connectivity index is 2.54. The number of methoxy groups -OCH3 is 1. The maximum Gasteiger partial charge on any atom is 0.266 e. The number of nitrogens with one attached hydrogen (secondary N) is 1. The summed E-state index contributed by atoms with van der Waals surface area (Å²) in [6, 6.07) is 3.10. The molecule has 0 aliphatic rings. The van der Waals surface area contributed by atoms with E-state index in [4.69, 9.17) is 16.3 Å². The lowest BCUT2D eigenvalue weighted by atomic mass is 9.91. The summed E-state index contributed by atoms with van der Waals surface area (Å²) in [5.74, 6) is -0.00136. The number of thiazole rings is 1. The molecule has 128 valence electrons. The molecule has 0 aliphatic carbocycles. The van der Waals surface area contributed by atoms with Crippen molar-refractivity contribution in [3.8, 4) is 11.5 Å². The average Bonchev–Trinajstić information content (AvgIpc) is 2.81. The molecule has 0 amide bonds. The summed E-state index contributed by atoms with van der Waals surface area (Å²) in [5.41, 5.74) is -0.199. The number of aromatic nitrogens is 1. The summed E-state index contributed by atoms with van der Waals surface area (Å²) in [7, 11) is 1.41. The summed E-state index contributed by atoms with van der Waals surface area (Å²) in [5, 5.41) is 9.87. The van der Waals surface area contributed by atoms with Crippen LogP contribution in [-0.2, 0) is 4.79 Å². The molecule has 0 saturated heterocycles. The van der Waals surface area contributed by atoms with Gasteiger partial charge < -0.3 is 14.8 Å². The van der Waals surface area contributed by atoms with Crippen molar-refractivity contribution in [3.63, 3.8) is 0 Å². The van der Waals surface area contributed by atoms with Gasteiger partial charge in [-0.1, -0.05) is 32.4 Å². The van der Waals surface area contributed by atoms with Crippen molar-refractivity contribution in [2.24, 2.45) is 5.41 Å². The van der Waals surface area contributed by atoms with E-state index < -0.39 is 5.41 Å². The van der Waals surface area contributed by atoms with Gasteiger partial charge in [0.1, 0.15) is 0 Å². The van der Waals surface area contributed by atoms with E-state index in [1.54, 1.807) is 12.1 Å². The first-order valence-electron chi connectivity index (χ1n) is 7.15. The van der Waals surface area contributed by atoms with E-state index in [2.05, 4.69) is 4.98 Å². The Morgan fingerprint density at radius 3 is 2.62 bits per heavy atom. The minimum Gasteiger partial charge on any atom is -0.503 e. The fraction of sp³-hybridized carbons (Fsp3) is 0.294. The summed E-state index contributed by atoms with van der Waals surface area (Å²) in [6.45, 7) is 5.44. The molecule has 0 spiro atoms. The zero-order valence-corrected chi connectivity index (χ0v) is 15.3. The predicted octanol–water partition coefficient (Wildman–Crippen LogP) is 2.03. The van der Waals surface area contributed by atoms with E-state index in [1.807, 2.05) is 20.8 Å². The quantitative estimate of drug-likeness (QED) is 0.870. The number of halogens is 1. The van der Waals surface area contributed by atoms with Gasteiger partial charge in [-0.2, -0.15) is 0 Å². The Morgan fingerprint density at radius 1 is 1.38 bits per heavy atom. The first kappa shape index (κ1) is 18.3. The molecule has 0 saturated carbocycles. The number of carbonyl (C=O) groups excluding carboxylic acids is 1. The molecular weight excluding hydrogens is 350 g/mol. The van der Waals surface area contributed by atoms with Crippen LogP contribution in [0.15, 0.2) is 16.9 Å². The number of carbonyl (C=O) groups is 1. The lowest BCUT2D eigenvalue weighted by molar-refractivity contribution is -0.119. The highest BCUT2D eigenvalue weighted by Gasteiger charge is 2.18. The second-order valence-electron chi connectivity index (χ2n) is 6.24. The number of phenols is 1. The normalized spacial score (nSPS) is 13.4. The van der Waals surface area contributed by atoms with Crippen LogP contribution in [0, 0.1) is 5.41 Å². The topological polar surface area (TPSA) is 79.4 Å². The standard InChI is InChI=1S/C17H18ClNO4S/c1-17(2,3)13(20)8-14-19-16(22)12(24-14)7-9-5-10(18)15(21)11(6-9)23-4/h5-8,21H,1-4H3,(H,19,22)/b12-7+,14-8+. The molecule has 0 radical (unpaired) electrons. The van der Waals surface area contributed by atoms with Crippen LogP contribution < -0.4 is 19.5 Å². The molecule has 1 aromatic heterocycles. The number of H-pyrrole nitrogens is 1. The van der Waals surface area contributed by atoms with E-state index >= 15 is 0 Å². The van der Waals surface area contributed by atoms with Crippen LogP contribution in [0.5, 0.6) is 11.5 Å². The van der Waals surface area contributed by atoms with Gasteiger partial charge in [-0.25, -0.2) is 0 Å². The molecule has 0 fully saturated rings. The maximum absolute atomic E-state index is 12.1. The van der Waals surface area contributed by atoms with Crippen LogP contribution in [0.2, 0.25) is 5.02 Å². The Kier molecular flexibility index (Phi) is 5.20. The number of hydrogen-bond acceptors (Lipinski definition) is 5. The van der Waals surface area contributed by atoms with Gasteiger partial charge in [0.15, 0.2) is 17.3 Å². The van der Waals surface area contributed by atoms with Gasteiger partial charge in [0.25, 0.3) is 5.56 Å². The average molecular weight is 368 g/mol. The van der Waals surface area contributed by atoms with Crippen LogP contribution >= 0.6 is 22.9 Å². The lowest BCUT2D eigenvalue weighted by Crippen LogP contribution is -2.22. The summed E-state index contributed by atoms with van der Waals surface area (Å²) in [6.07, 6.45) is 3.06. The number of aromatic hydroxyl groups is 1. The number of Topliss-reactive ketones (excluding diaryl/α,β-unsaturated/α-hetero) is 1. The molecule has 2 N–H and O–H groups in total. The second kappa shape index (κ2) is 6.83. The number of aromatic amines is 1. The van der Waals surface area contributed by atoms with Gasteiger partial charge in [0.2, 0.25) is 0 Å².